The molecule has 0 spiro atoms. The van der Waals surface area contributed by atoms with Gasteiger partial charge in [0.2, 0.25) is 0 Å². The highest BCUT2D eigenvalue weighted by molar-refractivity contribution is 6.33. The Morgan fingerprint density at radius 2 is 2.22 bits per heavy atom. The van der Waals surface area contributed by atoms with Crippen molar-refractivity contribution in [3.05, 3.63) is 33.8 Å². The van der Waals surface area contributed by atoms with Crippen LogP contribution in [-0.2, 0) is 4.79 Å². The van der Waals surface area contributed by atoms with Crippen LogP contribution in [0.5, 0.6) is 0 Å². The number of carboxylic acid groups (broad SMARTS) is 1. The normalized spacial score (nSPS) is 12.2. The lowest BCUT2D eigenvalue weighted by atomic mass is 10.1. The molecule has 1 rings (SSSR count). The molecular weight excluding hydrogens is 273 g/mol. The van der Waals surface area contributed by atoms with Gasteiger partial charge in [0.1, 0.15) is 0 Å². The maximum atomic E-state index is 10.8. The van der Waals surface area contributed by atoms with Crippen molar-refractivity contribution >= 4 is 29.2 Å². The standard InChI is InChI=1S/C13H13Cl2NO2/c1-3-6-16(8-13(17)18)9(2)11-7-10(14)4-5-12(11)15/h1,4-5,7,9H,6,8H2,2H3,(H,17,18). The number of nitrogens with zero attached hydrogens (tertiary/aromatic N) is 1. The van der Waals surface area contributed by atoms with Crippen molar-refractivity contribution in [3.63, 3.8) is 0 Å². The van der Waals surface area contributed by atoms with Crippen LogP contribution in [0.25, 0.3) is 0 Å². The van der Waals surface area contributed by atoms with Gasteiger partial charge in [-0.2, -0.15) is 0 Å². The van der Waals surface area contributed by atoms with E-state index >= 15 is 0 Å². The zero-order valence-corrected chi connectivity index (χ0v) is 11.4. The third-order valence-electron chi connectivity index (χ3n) is 2.59. The van der Waals surface area contributed by atoms with Gasteiger partial charge in [0, 0.05) is 16.1 Å². The molecule has 1 atom stereocenters. The van der Waals surface area contributed by atoms with Gasteiger partial charge in [-0.15, -0.1) is 6.42 Å². The lowest BCUT2D eigenvalue weighted by Gasteiger charge is -2.26. The summed E-state index contributed by atoms with van der Waals surface area (Å²) in [5.74, 6) is 1.51. The summed E-state index contributed by atoms with van der Waals surface area (Å²) in [6.07, 6.45) is 5.25. The highest BCUT2D eigenvalue weighted by atomic mass is 35.5. The zero-order chi connectivity index (χ0) is 13.7. The molecule has 5 heteroatoms. The molecule has 1 aromatic rings. The van der Waals surface area contributed by atoms with Crippen LogP contribution in [0.15, 0.2) is 18.2 Å². The van der Waals surface area contributed by atoms with Crippen molar-refractivity contribution in [1.82, 2.24) is 4.90 Å². The third kappa shape index (κ3) is 3.92. The Labute approximate surface area is 116 Å². The third-order valence-corrected chi connectivity index (χ3v) is 3.17. The second-order valence-electron chi connectivity index (χ2n) is 3.84. The molecule has 1 aromatic carbocycles. The van der Waals surface area contributed by atoms with E-state index < -0.39 is 5.97 Å². The SMILES string of the molecule is C#CCN(CC(=O)O)C(C)c1cc(Cl)ccc1Cl. The van der Waals surface area contributed by atoms with Crippen molar-refractivity contribution in [3.8, 4) is 12.3 Å². The van der Waals surface area contributed by atoms with Crippen molar-refractivity contribution in [2.45, 2.75) is 13.0 Å². The smallest absolute Gasteiger partial charge is 0.317 e. The molecule has 0 saturated heterocycles. The molecule has 0 fully saturated rings. The first-order valence-corrected chi connectivity index (χ1v) is 6.05. The van der Waals surface area contributed by atoms with E-state index in [1.54, 1.807) is 23.1 Å². The fraction of sp³-hybridized carbons (Fsp3) is 0.308. The van der Waals surface area contributed by atoms with Crippen molar-refractivity contribution in [2.75, 3.05) is 13.1 Å². The predicted molar refractivity (Wildman–Crippen MR) is 72.9 cm³/mol. The summed E-state index contributed by atoms with van der Waals surface area (Å²) >= 11 is 12.0. The molecule has 0 aromatic heterocycles. The molecule has 0 aliphatic heterocycles. The first-order chi connectivity index (χ1) is 8.45. The second kappa shape index (κ2) is 6.65. The van der Waals surface area contributed by atoms with Gasteiger partial charge < -0.3 is 5.11 Å². The van der Waals surface area contributed by atoms with Gasteiger partial charge in [-0.05, 0) is 30.7 Å². The van der Waals surface area contributed by atoms with Gasteiger partial charge in [-0.1, -0.05) is 29.1 Å². The average Bonchev–Trinajstić information content (AvgIpc) is 2.30. The summed E-state index contributed by atoms with van der Waals surface area (Å²) < 4.78 is 0. The minimum Gasteiger partial charge on any atom is -0.480 e. The number of rotatable bonds is 5. The van der Waals surface area contributed by atoms with Crippen LogP contribution in [-0.4, -0.2) is 29.1 Å². The number of terminal acetylenes is 1. The van der Waals surface area contributed by atoms with Crippen molar-refractivity contribution in [2.24, 2.45) is 0 Å². The van der Waals surface area contributed by atoms with E-state index in [4.69, 9.17) is 34.7 Å². The number of halogens is 2. The molecule has 1 N–H and O–H groups in total. The van der Waals surface area contributed by atoms with Gasteiger partial charge >= 0.3 is 5.97 Å². The number of hydrogen-bond acceptors (Lipinski definition) is 2. The fourth-order valence-corrected chi connectivity index (χ4v) is 2.11. The quantitative estimate of drug-likeness (QED) is 0.846. The molecule has 0 heterocycles. The van der Waals surface area contributed by atoms with E-state index in [1.165, 1.54) is 0 Å². The van der Waals surface area contributed by atoms with Gasteiger partial charge in [-0.3, -0.25) is 9.69 Å². The predicted octanol–water partition coefficient (Wildman–Crippen LogP) is 3.07. The second-order valence-corrected chi connectivity index (χ2v) is 4.69. The monoisotopic (exact) mass is 285 g/mol. The Bertz CT molecular complexity index is 482. The van der Waals surface area contributed by atoms with Crippen LogP contribution < -0.4 is 0 Å². The first kappa shape index (κ1) is 14.8. The van der Waals surface area contributed by atoms with E-state index in [0.717, 1.165) is 5.56 Å². The van der Waals surface area contributed by atoms with Crippen molar-refractivity contribution in [1.29, 1.82) is 0 Å². The summed E-state index contributed by atoms with van der Waals surface area (Å²) in [6, 6.07) is 4.87. The van der Waals surface area contributed by atoms with Crippen LogP contribution >= 0.6 is 23.2 Å². The number of carboxylic acids is 1. The first-order valence-electron chi connectivity index (χ1n) is 5.30. The van der Waals surface area contributed by atoms with Gasteiger partial charge in [0.15, 0.2) is 0 Å². The van der Waals surface area contributed by atoms with E-state index in [9.17, 15) is 4.79 Å². The topological polar surface area (TPSA) is 40.5 Å². The Balaban J connectivity index is 3.01. The number of benzene rings is 1. The molecule has 0 aliphatic carbocycles. The minimum absolute atomic E-state index is 0.145. The van der Waals surface area contributed by atoms with Crippen LogP contribution in [0.1, 0.15) is 18.5 Å². The van der Waals surface area contributed by atoms with E-state index in [2.05, 4.69) is 5.92 Å². The zero-order valence-electron chi connectivity index (χ0n) is 9.86. The summed E-state index contributed by atoms with van der Waals surface area (Å²) in [5, 5.41) is 9.95. The highest BCUT2D eigenvalue weighted by Gasteiger charge is 2.20. The molecule has 96 valence electrons. The van der Waals surface area contributed by atoms with E-state index in [0.29, 0.717) is 10.0 Å². The Morgan fingerprint density at radius 3 is 2.78 bits per heavy atom. The molecule has 18 heavy (non-hydrogen) atoms. The van der Waals surface area contributed by atoms with Crippen LogP contribution in [0, 0.1) is 12.3 Å². The van der Waals surface area contributed by atoms with E-state index in [-0.39, 0.29) is 19.1 Å². The number of carbonyl (C=O) groups is 1. The Kier molecular flexibility index (Phi) is 5.49. The molecule has 1 unspecified atom stereocenters. The van der Waals surface area contributed by atoms with Crippen molar-refractivity contribution < 1.29 is 9.90 Å². The maximum Gasteiger partial charge on any atom is 0.317 e. The molecule has 0 radical (unpaired) electrons. The van der Waals surface area contributed by atoms with Gasteiger partial charge in [0.25, 0.3) is 0 Å². The molecule has 0 aliphatic rings. The fourth-order valence-electron chi connectivity index (χ4n) is 1.65. The van der Waals surface area contributed by atoms with Gasteiger partial charge in [-0.25, -0.2) is 0 Å². The lowest BCUT2D eigenvalue weighted by Crippen LogP contribution is -2.32. The Hall–Kier alpha value is -1.21. The molecule has 0 saturated carbocycles. The molecule has 0 bridgehead atoms. The average molecular weight is 286 g/mol. The number of hydrogen-bond donors (Lipinski definition) is 1. The van der Waals surface area contributed by atoms with Crippen LogP contribution in [0.4, 0.5) is 0 Å². The highest BCUT2D eigenvalue weighted by Crippen LogP contribution is 2.29. The largest absolute Gasteiger partial charge is 0.480 e. The molecular formula is C13H13Cl2NO2. The van der Waals surface area contributed by atoms with Crippen LogP contribution in [0.3, 0.4) is 0 Å². The summed E-state index contributed by atoms with van der Waals surface area (Å²) in [6.45, 7) is 1.93. The summed E-state index contributed by atoms with van der Waals surface area (Å²) in [5.41, 5.74) is 0.765. The number of aliphatic carboxylic acids is 1. The summed E-state index contributed by atoms with van der Waals surface area (Å²) in [7, 11) is 0. The Morgan fingerprint density at radius 1 is 1.56 bits per heavy atom. The maximum absolute atomic E-state index is 10.8. The lowest BCUT2D eigenvalue weighted by molar-refractivity contribution is -0.138. The molecule has 0 amide bonds. The molecule has 3 nitrogen and oxygen atoms in total. The van der Waals surface area contributed by atoms with Gasteiger partial charge in [0.05, 0.1) is 13.1 Å². The minimum atomic E-state index is -0.935. The van der Waals surface area contributed by atoms with Crippen LogP contribution in [0.2, 0.25) is 10.0 Å². The van der Waals surface area contributed by atoms with E-state index in [1.807, 2.05) is 6.92 Å². The summed E-state index contributed by atoms with van der Waals surface area (Å²) in [4.78, 5) is 12.4.